The molecule has 3 rings (SSSR count). The van der Waals surface area contributed by atoms with E-state index in [-0.39, 0.29) is 11.9 Å². The lowest BCUT2D eigenvalue weighted by molar-refractivity contribution is -0.400. The van der Waals surface area contributed by atoms with Crippen LogP contribution in [-0.4, -0.2) is 65.6 Å². The molecule has 0 radical (unpaired) electrons. The van der Waals surface area contributed by atoms with Gasteiger partial charge in [0.25, 0.3) is 0 Å². The molecule has 0 bridgehead atoms. The first kappa shape index (κ1) is 17.8. The van der Waals surface area contributed by atoms with Gasteiger partial charge in [-0.1, -0.05) is 0 Å². The molecule has 10 nitrogen and oxygen atoms in total. The molecule has 0 aromatic carbocycles. The number of anilines is 1. The predicted octanol–water partition coefficient (Wildman–Crippen LogP) is -1.71. The third-order valence-corrected chi connectivity index (χ3v) is 5.16. The van der Waals surface area contributed by atoms with Gasteiger partial charge in [-0.15, -0.1) is 0 Å². The Hall–Kier alpha value is -1.97. The number of aliphatic hydroxyl groups excluding tert-OH is 2. The van der Waals surface area contributed by atoms with Gasteiger partial charge in [0.1, 0.15) is 30.1 Å². The summed E-state index contributed by atoms with van der Waals surface area (Å²) in [6.07, 6.45) is -0.0402. The lowest BCUT2D eigenvalue weighted by atomic mass is 10.1. The Labute approximate surface area is 147 Å². The third kappa shape index (κ3) is 3.53. The predicted molar refractivity (Wildman–Crippen MR) is 89.9 cm³/mol. The highest BCUT2D eigenvalue weighted by Crippen LogP contribution is 2.33. The number of nitrogens with zero attached hydrogens (tertiary/aromatic N) is 5. The first-order valence-electron chi connectivity index (χ1n) is 7.78. The molecule has 134 valence electrons. The summed E-state index contributed by atoms with van der Waals surface area (Å²) < 4.78 is 7.38. The van der Waals surface area contributed by atoms with Crippen molar-refractivity contribution >= 4 is 28.7 Å². The van der Waals surface area contributed by atoms with Crippen molar-refractivity contribution in [2.75, 3.05) is 17.2 Å². The van der Waals surface area contributed by atoms with Crippen molar-refractivity contribution in [2.45, 2.75) is 37.0 Å². The number of aliphatic hydroxyl groups is 2. The highest BCUT2D eigenvalue weighted by molar-refractivity contribution is 7.99. The van der Waals surface area contributed by atoms with Gasteiger partial charge in [-0.2, -0.15) is 17.0 Å². The number of nitrogen functional groups attached to an aromatic ring is 1. The second-order valence-electron chi connectivity index (χ2n) is 5.82. The van der Waals surface area contributed by atoms with Crippen LogP contribution in [0, 0.1) is 11.3 Å². The highest BCUT2D eigenvalue weighted by Gasteiger charge is 2.44. The normalized spacial score (nSPS) is 27.4. The topological polar surface area (TPSA) is 171 Å². The molecular weight excluding hydrogens is 346 g/mol. The number of aromatic nitrogens is 4. The molecule has 5 atom stereocenters. The second kappa shape index (κ2) is 7.51. The zero-order valence-electron chi connectivity index (χ0n) is 13.4. The number of thioether (sulfide) groups is 1. The van der Waals surface area contributed by atoms with E-state index >= 15 is 0 Å². The molecule has 5 unspecified atom stereocenters. The van der Waals surface area contributed by atoms with E-state index in [1.165, 1.54) is 12.7 Å². The number of nitriles is 1. The molecular formula is C14H20N7O3S+. The first-order chi connectivity index (χ1) is 12.0. The molecule has 0 saturated carbocycles. The Balaban J connectivity index is 1.67. The SMILES string of the molecule is N#CC([NH3+])CCSCC1OC(n2cnc3c(N)ncnc32)C(O)C1O. The molecule has 0 spiro atoms. The van der Waals surface area contributed by atoms with Gasteiger partial charge in [-0.05, 0) is 0 Å². The van der Waals surface area contributed by atoms with Gasteiger partial charge >= 0.3 is 0 Å². The Bertz CT molecular complexity index is 779. The number of ether oxygens (including phenoxy) is 1. The van der Waals surface area contributed by atoms with Crippen LogP contribution >= 0.6 is 11.8 Å². The van der Waals surface area contributed by atoms with Crippen molar-refractivity contribution in [2.24, 2.45) is 0 Å². The fourth-order valence-electron chi connectivity index (χ4n) is 2.64. The van der Waals surface area contributed by atoms with Crippen LogP contribution in [0.5, 0.6) is 0 Å². The van der Waals surface area contributed by atoms with Gasteiger partial charge in [-0.25, -0.2) is 15.0 Å². The van der Waals surface area contributed by atoms with Crippen molar-refractivity contribution in [3.63, 3.8) is 0 Å². The van der Waals surface area contributed by atoms with E-state index in [1.807, 2.05) is 0 Å². The molecule has 1 aliphatic rings. The summed E-state index contributed by atoms with van der Waals surface area (Å²) >= 11 is 1.55. The Morgan fingerprint density at radius 1 is 1.40 bits per heavy atom. The monoisotopic (exact) mass is 366 g/mol. The molecule has 3 heterocycles. The lowest BCUT2D eigenvalue weighted by Crippen LogP contribution is -2.60. The van der Waals surface area contributed by atoms with E-state index in [1.54, 1.807) is 16.3 Å². The van der Waals surface area contributed by atoms with Crippen molar-refractivity contribution < 1.29 is 20.7 Å². The smallest absolute Gasteiger partial charge is 0.172 e. The quantitative estimate of drug-likeness (QED) is 0.434. The van der Waals surface area contributed by atoms with Crippen LogP contribution < -0.4 is 11.5 Å². The number of hydrogen-bond donors (Lipinski definition) is 4. The summed E-state index contributed by atoms with van der Waals surface area (Å²) in [6.45, 7) is 0. The minimum atomic E-state index is -1.11. The summed E-state index contributed by atoms with van der Waals surface area (Å²) in [5, 5.41) is 29.3. The minimum Gasteiger partial charge on any atom is -0.387 e. The largest absolute Gasteiger partial charge is 0.387 e. The van der Waals surface area contributed by atoms with Gasteiger partial charge in [-0.3, -0.25) is 4.57 Å². The zero-order valence-corrected chi connectivity index (χ0v) is 14.2. The van der Waals surface area contributed by atoms with E-state index in [9.17, 15) is 10.2 Å². The molecule has 2 aromatic rings. The average molecular weight is 366 g/mol. The Kier molecular flexibility index (Phi) is 5.36. The number of imidazole rings is 1. The van der Waals surface area contributed by atoms with Gasteiger partial charge in [0.15, 0.2) is 23.7 Å². The number of rotatable bonds is 6. The summed E-state index contributed by atoms with van der Waals surface area (Å²) in [6, 6.07) is 1.83. The second-order valence-corrected chi connectivity index (χ2v) is 6.97. The zero-order chi connectivity index (χ0) is 18.0. The molecule has 0 aliphatic carbocycles. The number of quaternary nitrogens is 1. The molecule has 1 saturated heterocycles. The molecule has 1 aliphatic heterocycles. The molecule has 25 heavy (non-hydrogen) atoms. The van der Waals surface area contributed by atoms with E-state index in [2.05, 4.69) is 26.8 Å². The third-order valence-electron chi connectivity index (χ3n) is 4.07. The van der Waals surface area contributed by atoms with Crippen LogP contribution in [0.25, 0.3) is 11.2 Å². The summed E-state index contributed by atoms with van der Waals surface area (Å²) in [5.74, 6) is 1.47. The summed E-state index contributed by atoms with van der Waals surface area (Å²) in [4.78, 5) is 12.2. The van der Waals surface area contributed by atoms with Crippen LogP contribution in [-0.2, 0) is 4.74 Å². The maximum atomic E-state index is 10.4. The maximum Gasteiger partial charge on any atom is 0.172 e. The van der Waals surface area contributed by atoms with Gasteiger partial charge in [0, 0.05) is 17.9 Å². The van der Waals surface area contributed by atoms with E-state index in [0.717, 1.165) is 5.75 Å². The van der Waals surface area contributed by atoms with Crippen molar-refractivity contribution in [1.29, 1.82) is 5.26 Å². The fraction of sp³-hybridized carbons (Fsp3) is 0.571. The van der Waals surface area contributed by atoms with Gasteiger partial charge in [0.05, 0.1) is 12.4 Å². The fourth-order valence-corrected chi connectivity index (χ4v) is 3.77. The Morgan fingerprint density at radius 3 is 2.96 bits per heavy atom. The highest BCUT2D eigenvalue weighted by atomic mass is 32.2. The van der Waals surface area contributed by atoms with E-state index in [4.69, 9.17) is 15.7 Å². The molecule has 11 heteroatoms. The minimum absolute atomic E-state index is 0.240. The number of fused-ring (bicyclic) bond motifs is 1. The maximum absolute atomic E-state index is 10.4. The average Bonchev–Trinajstić information content (AvgIpc) is 3.15. The van der Waals surface area contributed by atoms with E-state index in [0.29, 0.717) is 23.3 Å². The molecule has 0 amide bonds. The van der Waals surface area contributed by atoms with Crippen LogP contribution in [0.4, 0.5) is 5.82 Å². The van der Waals surface area contributed by atoms with Crippen LogP contribution in [0.1, 0.15) is 12.6 Å². The van der Waals surface area contributed by atoms with E-state index < -0.39 is 24.5 Å². The van der Waals surface area contributed by atoms with Gasteiger partial charge in [0.2, 0.25) is 0 Å². The molecule has 1 fully saturated rings. The van der Waals surface area contributed by atoms with Crippen LogP contribution in [0.15, 0.2) is 12.7 Å². The first-order valence-corrected chi connectivity index (χ1v) is 8.93. The van der Waals surface area contributed by atoms with Crippen molar-refractivity contribution in [3.05, 3.63) is 12.7 Å². The molecule has 7 N–H and O–H groups in total. The number of hydrogen-bond acceptors (Lipinski definition) is 9. The van der Waals surface area contributed by atoms with Gasteiger partial charge < -0.3 is 26.4 Å². The Morgan fingerprint density at radius 2 is 2.20 bits per heavy atom. The lowest BCUT2D eigenvalue weighted by Gasteiger charge is -2.16. The van der Waals surface area contributed by atoms with Crippen molar-refractivity contribution in [1.82, 2.24) is 19.5 Å². The van der Waals surface area contributed by atoms with Crippen LogP contribution in [0.3, 0.4) is 0 Å². The summed E-state index contributed by atoms with van der Waals surface area (Å²) in [7, 11) is 0. The molecule has 2 aromatic heterocycles. The summed E-state index contributed by atoms with van der Waals surface area (Å²) in [5.41, 5.74) is 10.3. The van der Waals surface area contributed by atoms with Crippen LogP contribution in [0.2, 0.25) is 0 Å². The standard InChI is InChI=1S/C14H19N7O3S/c15-3-7(16)1-2-25-4-8-10(22)11(23)14(24-8)21-6-20-9-12(17)18-5-19-13(9)21/h5-8,10-11,14,22-23H,1-2,4,16H2,(H2,17,18,19)/p+1. The number of nitrogens with two attached hydrogens (primary N) is 1. The van der Waals surface area contributed by atoms with Crippen molar-refractivity contribution in [3.8, 4) is 6.07 Å².